The predicted molar refractivity (Wildman–Crippen MR) is 157 cm³/mol. The van der Waals surface area contributed by atoms with Crippen LogP contribution in [0.2, 0.25) is 0 Å². The van der Waals surface area contributed by atoms with Gasteiger partial charge in [0, 0.05) is 76.7 Å². The summed E-state index contributed by atoms with van der Waals surface area (Å²) in [6.45, 7) is 0. The fourth-order valence-electron chi connectivity index (χ4n) is 3.29. The molecule has 204 valence electrons. The molecule has 0 saturated carbocycles. The van der Waals surface area contributed by atoms with Crippen LogP contribution in [0.1, 0.15) is 22.8 Å². The third kappa shape index (κ3) is 12.3. The van der Waals surface area contributed by atoms with E-state index in [9.17, 15) is 0 Å². The second-order valence-corrected chi connectivity index (χ2v) is 6.98. The van der Waals surface area contributed by atoms with Gasteiger partial charge in [0.25, 0.3) is 0 Å². The number of rotatable bonds is 0. The van der Waals surface area contributed by atoms with Gasteiger partial charge < -0.3 is 30.4 Å². The topological polar surface area (TPSA) is 138 Å². The average Bonchev–Trinajstić information content (AvgIpc) is 3.81. The molecule has 1 aromatic carbocycles. The van der Waals surface area contributed by atoms with Crippen LogP contribution in [0, 0.1) is 6.07 Å². The molecule has 9 heteroatoms. The molecule has 0 unspecified atom stereocenters. The van der Waals surface area contributed by atoms with Crippen LogP contribution < -0.4 is 0 Å². The van der Waals surface area contributed by atoms with Crippen LogP contribution in [-0.2, 0) is 26.2 Å². The number of aromatic amines is 2. The Bertz CT molecular complexity index is 1300. The first-order valence-electron chi connectivity index (χ1n) is 11.5. The molecule has 8 bridgehead atoms. The molecule has 0 atom stereocenters. The third-order valence-corrected chi connectivity index (χ3v) is 4.65. The number of hydrogen-bond acceptors (Lipinski definition) is 6. The first-order valence-corrected chi connectivity index (χ1v) is 11.5. The molecule has 5 heterocycles. The summed E-state index contributed by atoms with van der Waals surface area (Å²) in [7, 11) is 4.00. The Labute approximate surface area is 248 Å². The summed E-state index contributed by atoms with van der Waals surface area (Å²) in [5.41, 5.74) is 7.86. The summed E-state index contributed by atoms with van der Waals surface area (Å²) in [6.07, 6.45) is 8.05. The molecule has 8 nitrogen and oxygen atoms in total. The van der Waals surface area contributed by atoms with E-state index in [1.807, 2.05) is 72.8 Å². The van der Waals surface area contributed by atoms with E-state index in [2.05, 4.69) is 56.3 Å². The SMILES string of the molecule is C1=Cc2cc3ccc(cc4ccc(cc5nc(cc1n2)C=C5)[nH]4)[nH]3.CO.CO.CO.CO.[Zr].[c-]1ccccc1. The summed E-state index contributed by atoms with van der Waals surface area (Å²) >= 11 is 0. The molecule has 0 spiro atoms. The zero-order valence-corrected chi connectivity index (χ0v) is 25.0. The maximum atomic E-state index is 7.00. The van der Waals surface area contributed by atoms with Crippen molar-refractivity contribution in [1.29, 1.82) is 0 Å². The van der Waals surface area contributed by atoms with E-state index >= 15 is 0 Å². The Balaban J connectivity index is 0.000000820. The third-order valence-electron chi connectivity index (χ3n) is 4.65. The van der Waals surface area contributed by atoms with Crippen LogP contribution in [0.25, 0.3) is 46.4 Å². The number of fused-ring (bicyclic) bond motifs is 8. The molecule has 6 N–H and O–H groups in total. The second kappa shape index (κ2) is 21.5. The Hall–Kier alpha value is -3.46. The molecule has 4 aromatic rings. The number of aliphatic hydroxyl groups is 4. The number of hydrogen-bond donors (Lipinski definition) is 6. The van der Waals surface area contributed by atoms with E-state index in [0.29, 0.717) is 0 Å². The number of aliphatic hydroxyl groups excluding tert-OH is 4. The van der Waals surface area contributed by atoms with Crippen molar-refractivity contribution in [3.05, 3.63) is 108 Å². The van der Waals surface area contributed by atoms with Gasteiger partial charge >= 0.3 is 0 Å². The van der Waals surface area contributed by atoms with E-state index in [1.165, 1.54) is 0 Å². The van der Waals surface area contributed by atoms with Gasteiger partial charge in [-0.2, -0.15) is 36.4 Å². The fraction of sp³-hybridized carbons (Fsp3) is 0.133. The van der Waals surface area contributed by atoms with Crippen molar-refractivity contribution >= 4 is 46.4 Å². The number of H-pyrrole nitrogens is 2. The number of nitrogens with one attached hydrogen (secondary N) is 2. The first-order chi connectivity index (χ1) is 18.8. The summed E-state index contributed by atoms with van der Waals surface area (Å²) < 4.78 is 0. The molecular formula is C30H35N4O4Zr-. The molecular weight excluding hydrogens is 572 g/mol. The minimum Gasteiger partial charge on any atom is -0.400 e. The van der Waals surface area contributed by atoms with Crippen LogP contribution in [0.4, 0.5) is 0 Å². The van der Waals surface area contributed by atoms with Gasteiger partial charge in [0.05, 0.1) is 22.8 Å². The van der Waals surface area contributed by atoms with Gasteiger partial charge in [-0.15, -0.1) is 0 Å². The molecule has 2 aliphatic rings. The minimum atomic E-state index is 0. The van der Waals surface area contributed by atoms with Crippen LogP contribution in [0.5, 0.6) is 0 Å². The Morgan fingerprint density at radius 3 is 1.13 bits per heavy atom. The largest absolute Gasteiger partial charge is 0.400 e. The number of aromatic nitrogens is 4. The van der Waals surface area contributed by atoms with Crippen LogP contribution in [-0.4, -0.2) is 68.8 Å². The van der Waals surface area contributed by atoms with Crippen molar-refractivity contribution in [1.82, 2.24) is 19.9 Å². The monoisotopic (exact) mass is 605 g/mol. The summed E-state index contributed by atoms with van der Waals surface area (Å²) in [5, 5.41) is 28.0. The predicted octanol–water partition coefficient (Wildman–Crippen LogP) is 4.57. The molecule has 0 saturated heterocycles. The quantitative estimate of drug-likeness (QED) is 0.140. The van der Waals surface area contributed by atoms with Crippen molar-refractivity contribution in [3.8, 4) is 0 Å². The molecule has 0 aliphatic carbocycles. The van der Waals surface area contributed by atoms with E-state index in [-0.39, 0.29) is 26.2 Å². The smallest absolute Gasteiger partial charge is 0.0659 e. The molecule has 0 fully saturated rings. The molecule has 3 aromatic heterocycles. The molecule has 39 heavy (non-hydrogen) atoms. The summed E-state index contributed by atoms with van der Waals surface area (Å²) in [6, 6.07) is 28.9. The fourth-order valence-corrected chi connectivity index (χ4v) is 3.29. The van der Waals surface area contributed by atoms with Crippen LogP contribution in [0.3, 0.4) is 0 Å². The van der Waals surface area contributed by atoms with Gasteiger partial charge in [0.15, 0.2) is 0 Å². The second-order valence-electron chi connectivity index (χ2n) is 6.98. The molecule has 0 amide bonds. The van der Waals surface area contributed by atoms with Crippen molar-refractivity contribution in [2.24, 2.45) is 0 Å². The Morgan fingerprint density at radius 2 is 0.821 bits per heavy atom. The zero-order valence-electron chi connectivity index (χ0n) is 22.5. The number of nitrogens with zero attached hydrogens (tertiary/aromatic N) is 2. The standard InChI is InChI=1S/C20H14N4.C6H5.4CH4O.Zr/c1-2-14-10-16-5-6-18(23-16)12-20-8-7-19(24-20)11-17-4-3-15(22-17)9-13(1)21-14;1-2-4-6-5-3-1;4*1-2;/h1-12,21-22H;1-5H;4*2H,1H3;/q;-1;;;;;. The number of benzene rings is 1. The van der Waals surface area contributed by atoms with E-state index in [1.54, 1.807) is 0 Å². The average molecular weight is 607 g/mol. The van der Waals surface area contributed by atoms with Gasteiger partial charge in [0.2, 0.25) is 0 Å². The van der Waals surface area contributed by atoms with Crippen LogP contribution in [0.15, 0.2) is 78.9 Å². The Morgan fingerprint density at radius 1 is 0.487 bits per heavy atom. The van der Waals surface area contributed by atoms with Gasteiger partial charge in [-0.25, -0.2) is 9.97 Å². The summed E-state index contributed by atoms with van der Waals surface area (Å²) in [4.78, 5) is 16.0. The van der Waals surface area contributed by atoms with Gasteiger partial charge in [-0.05, 0) is 72.8 Å². The van der Waals surface area contributed by atoms with Crippen molar-refractivity contribution in [3.63, 3.8) is 0 Å². The maximum Gasteiger partial charge on any atom is 0.0659 e. The van der Waals surface area contributed by atoms with Crippen LogP contribution >= 0.6 is 0 Å². The van der Waals surface area contributed by atoms with Gasteiger partial charge in [0.1, 0.15) is 0 Å². The van der Waals surface area contributed by atoms with Crippen molar-refractivity contribution in [2.75, 3.05) is 28.4 Å². The summed E-state index contributed by atoms with van der Waals surface area (Å²) in [5.74, 6) is 0. The van der Waals surface area contributed by atoms with Gasteiger partial charge in [-0.3, -0.25) is 0 Å². The van der Waals surface area contributed by atoms with Gasteiger partial charge in [-0.1, -0.05) is 0 Å². The van der Waals surface area contributed by atoms with E-state index < -0.39 is 0 Å². The van der Waals surface area contributed by atoms with Crippen molar-refractivity contribution in [2.45, 2.75) is 0 Å². The zero-order chi connectivity index (χ0) is 28.2. The molecule has 6 rings (SSSR count). The Kier molecular flexibility index (Phi) is 19.6. The first kappa shape index (κ1) is 35.5. The maximum absolute atomic E-state index is 7.00. The minimum absolute atomic E-state index is 0. The van der Waals surface area contributed by atoms with Crippen molar-refractivity contribution < 1.29 is 46.6 Å². The van der Waals surface area contributed by atoms with E-state index in [4.69, 9.17) is 20.4 Å². The van der Waals surface area contributed by atoms with E-state index in [0.717, 1.165) is 73.3 Å². The molecule has 2 aliphatic heterocycles. The normalized spacial score (nSPS) is 9.64. The molecule has 0 radical (unpaired) electrons.